The van der Waals surface area contributed by atoms with Gasteiger partial charge in [-0.1, -0.05) is 18.2 Å². The minimum atomic E-state index is -0.0744. The second-order valence-electron chi connectivity index (χ2n) is 6.46. The number of hydrogen-bond acceptors (Lipinski definition) is 5. The largest absolute Gasteiger partial charge is 0.492 e. The molecule has 2 heterocycles. The quantitative estimate of drug-likeness (QED) is 0.764. The Balaban J connectivity index is 1.68. The van der Waals surface area contributed by atoms with Crippen LogP contribution in [-0.4, -0.2) is 53.2 Å². The molecule has 1 aliphatic heterocycles. The van der Waals surface area contributed by atoms with Crippen LogP contribution < -0.4 is 4.74 Å². The van der Waals surface area contributed by atoms with Gasteiger partial charge >= 0.3 is 0 Å². The lowest BCUT2D eigenvalue weighted by Gasteiger charge is -2.26. The van der Waals surface area contributed by atoms with E-state index in [2.05, 4.69) is 9.97 Å². The van der Waals surface area contributed by atoms with Crippen LogP contribution in [0.25, 0.3) is 0 Å². The average molecular weight is 355 g/mol. The standard InChI is InChI=1S/C20H25N3O3/c1-15-19(13-21-16(2)22-15)20(24)23(14-18-9-6-11-25-18)10-12-26-17-7-4-3-5-8-17/h3-5,7-8,13,18H,6,9-12,14H2,1-2H3/t18-/m0/s1. The van der Waals surface area contributed by atoms with Crippen molar-refractivity contribution in [1.29, 1.82) is 0 Å². The number of hydrogen-bond donors (Lipinski definition) is 0. The first-order valence-electron chi connectivity index (χ1n) is 9.02. The summed E-state index contributed by atoms with van der Waals surface area (Å²) < 4.78 is 11.5. The molecule has 6 nitrogen and oxygen atoms in total. The zero-order valence-electron chi connectivity index (χ0n) is 15.4. The number of benzene rings is 1. The van der Waals surface area contributed by atoms with Gasteiger partial charge in [-0.05, 0) is 38.8 Å². The lowest BCUT2D eigenvalue weighted by molar-refractivity contribution is 0.0492. The van der Waals surface area contributed by atoms with Crippen LogP contribution in [-0.2, 0) is 4.74 Å². The SMILES string of the molecule is Cc1ncc(C(=O)N(CCOc2ccccc2)C[C@@H]2CCCO2)c(C)n1. The molecule has 0 radical (unpaired) electrons. The van der Waals surface area contributed by atoms with Crippen LogP contribution in [0.3, 0.4) is 0 Å². The van der Waals surface area contributed by atoms with Gasteiger partial charge in [0.25, 0.3) is 5.91 Å². The predicted molar refractivity (Wildman–Crippen MR) is 98.3 cm³/mol. The van der Waals surface area contributed by atoms with E-state index in [9.17, 15) is 4.79 Å². The van der Waals surface area contributed by atoms with E-state index in [0.717, 1.165) is 25.2 Å². The number of para-hydroxylation sites is 1. The minimum Gasteiger partial charge on any atom is -0.492 e. The van der Waals surface area contributed by atoms with Crippen LogP contribution in [0.4, 0.5) is 0 Å². The van der Waals surface area contributed by atoms with Gasteiger partial charge in [-0.2, -0.15) is 0 Å². The number of aryl methyl sites for hydroxylation is 2. The average Bonchev–Trinajstić information content (AvgIpc) is 3.14. The van der Waals surface area contributed by atoms with Crippen molar-refractivity contribution in [3.05, 3.63) is 53.6 Å². The van der Waals surface area contributed by atoms with E-state index in [4.69, 9.17) is 9.47 Å². The number of carbonyl (C=O) groups excluding carboxylic acids is 1. The van der Waals surface area contributed by atoms with Gasteiger partial charge in [-0.15, -0.1) is 0 Å². The third-order valence-electron chi connectivity index (χ3n) is 4.44. The topological polar surface area (TPSA) is 64.6 Å². The summed E-state index contributed by atoms with van der Waals surface area (Å²) in [4.78, 5) is 23.3. The first kappa shape index (κ1) is 18.3. The highest BCUT2D eigenvalue weighted by molar-refractivity contribution is 5.95. The van der Waals surface area contributed by atoms with Gasteiger partial charge in [0, 0.05) is 19.3 Å². The van der Waals surface area contributed by atoms with Crippen molar-refractivity contribution in [2.75, 3.05) is 26.3 Å². The normalized spacial score (nSPS) is 16.5. The first-order valence-corrected chi connectivity index (χ1v) is 9.02. The fourth-order valence-corrected chi connectivity index (χ4v) is 3.06. The van der Waals surface area contributed by atoms with Crippen molar-refractivity contribution in [3.63, 3.8) is 0 Å². The van der Waals surface area contributed by atoms with Crippen LogP contribution >= 0.6 is 0 Å². The van der Waals surface area contributed by atoms with E-state index in [1.807, 2.05) is 44.2 Å². The fraction of sp³-hybridized carbons (Fsp3) is 0.450. The van der Waals surface area contributed by atoms with Crippen molar-refractivity contribution in [2.24, 2.45) is 0 Å². The highest BCUT2D eigenvalue weighted by atomic mass is 16.5. The number of nitrogens with zero attached hydrogens (tertiary/aromatic N) is 3. The number of aromatic nitrogens is 2. The van der Waals surface area contributed by atoms with Gasteiger partial charge in [-0.3, -0.25) is 4.79 Å². The van der Waals surface area contributed by atoms with E-state index in [1.54, 1.807) is 11.1 Å². The Kier molecular flexibility index (Phi) is 6.17. The van der Waals surface area contributed by atoms with E-state index in [0.29, 0.717) is 36.8 Å². The smallest absolute Gasteiger partial charge is 0.257 e. The molecule has 1 amide bonds. The Labute approximate surface area is 154 Å². The predicted octanol–water partition coefficient (Wildman–Crippen LogP) is 2.79. The number of amides is 1. The van der Waals surface area contributed by atoms with Crippen molar-refractivity contribution >= 4 is 5.91 Å². The van der Waals surface area contributed by atoms with E-state index in [-0.39, 0.29) is 12.0 Å². The summed E-state index contributed by atoms with van der Waals surface area (Å²) in [5.41, 5.74) is 1.23. The fourth-order valence-electron chi connectivity index (χ4n) is 3.06. The molecule has 138 valence electrons. The van der Waals surface area contributed by atoms with Gasteiger partial charge in [0.2, 0.25) is 0 Å². The van der Waals surface area contributed by atoms with Gasteiger partial charge in [0.1, 0.15) is 18.2 Å². The molecule has 1 aromatic carbocycles. The second-order valence-corrected chi connectivity index (χ2v) is 6.46. The van der Waals surface area contributed by atoms with Gasteiger partial charge in [0.05, 0.1) is 23.9 Å². The number of rotatable bonds is 7. The Hall–Kier alpha value is -2.47. The maximum Gasteiger partial charge on any atom is 0.257 e. The molecular weight excluding hydrogens is 330 g/mol. The van der Waals surface area contributed by atoms with Crippen LogP contribution in [0.5, 0.6) is 5.75 Å². The van der Waals surface area contributed by atoms with Crippen molar-refractivity contribution in [1.82, 2.24) is 14.9 Å². The van der Waals surface area contributed by atoms with Gasteiger partial charge in [0.15, 0.2) is 0 Å². The van der Waals surface area contributed by atoms with Crippen molar-refractivity contribution in [3.8, 4) is 5.75 Å². The summed E-state index contributed by atoms with van der Waals surface area (Å²) in [6.07, 6.45) is 3.72. The second kappa shape index (κ2) is 8.76. The highest BCUT2D eigenvalue weighted by Crippen LogP contribution is 2.16. The van der Waals surface area contributed by atoms with Crippen molar-refractivity contribution < 1.29 is 14.3 Å². The molecule has 3 rings (SSSR count). The van der Waals surface area contributed by atoms with Crippen molar-refractivity contribution in [2.45, 2.75) is 32.8 Å². The molecule has 0 bridgehead atoms. The molecular formula is C20H25N3O3. The van der Waals surface area contributed by atoms with E-state index < -0.39 is 0 Å². The molecule has 0 N–H and O–H groups in total. The molecule has 1 aliphatic rings. The summed E-state index contributed by atoms with van der Waals surface area (Å²) in [5.74, 6) is 1.39. The van der Waals surface area contributed by atoms with Crippen LogP contribution in [0.15, 0.2) is 36.5 Å². The summed E-state index contributed by atoms with van der Waals surface area (Å²) in [6.45, 7) is 5.89. The molecule has 6 heteroatoms. The lowest BCUT2D eigenvalue weighted by Crippen LogP contribution is -2.40. The highest BCUT2D eigenvalue weighted by Gasteiger charge is 2.25. The third-order valence-corrected chi connectivity index (χ3v) is 4.44. The third kappa shape index (κ3) is 4.79. The molecule has 1 fully saturated rings. The van der Waals surface area contributed by atoms with Crippen LogP contribution in [0, 0.1) is 13.8 Å². The minimum absolute atomic E-state index is 0.0744. The Morgan fingerprint density at radius 2 is 2.12 bits per heavy atom. The molecule has 2 aromatic rings. The van der Waals surface area contributed by atoms with Gasteiger partial charge < -0.3 is 14.4 Å². The summed E-state index contributed by atoms with van der Waals surface area (Å²) in [6, 6.07) is 9.62. The lowest BCUT2D eigenvalue weighted by atomic mass is 10.1. The molecule has 0 aliphatic carbocycles. The maximum atomic E-state index is 13.0. The molecule has 0 spiro atoms. The number of carbonyl (C=O) groups is 1. The molecule has 1 atom stereocenters. The number of ether oxygens (including phenoxy) is 2. The Morgan fingerprint density at radius 1 is 1.31 bits per heavy atom. The van der Waals surface area contributed by atoms with Crippen LogP contribution in [0.2, 0.25) is 0 Å². The summed E-state index contributed by atoms with van der Waals surface area (Å²) in [7, 11) is 0. The summed E-state index contributed by atoms with van der Waals surface area (Å²) >= 11 is 0. The molecule has 26 heavy (non-hydrogen) atoms. The molecule has 1 aromatic heterocycles. The Bertz CT molecular complexity index is 730. The van der Waals surface area contributed by atoms with Crippen LogP contribution in [0.1, 0.15) is 34.7 Å². The molecule has 1 saturated heterocycles. The van der Waals surface area contributed by atoms with E-state index >= 15 is 0 Å². The van der Waals surface area contributed by atoms with Gasteiger partial charge in [-0.25, -0.2) is 9.97 Å². The monoisotopic (exact) mass is 355 g/mol. The molecule has 0 saturated carbocycles. The first-order chi connectivity index (χ1) is 12.6. The zero-order valence-corrected chi connectivity index (χ0v) is 15.4. The molecule has 0 unspecified atom stereocenters. The Morgan fingerprint density at radius 3 is 2.81 bits per heavy atom. The maximum absolute atomic E-state index is 13.0. The zero-order chi connectivity index (χ0) is 18.4. The van der Waals surface area contributed by atoms with E-state index in [1.165, 1.54) is 0 Å². The summed E-state index contributed by atoms with van der Waals surface area (Å²) in [5, 5.41) is 0.